The molecule has 0 aromatic heterocycles. The van der Waals surface area contributed by atoms with Crippen LogP contribution in [0, 0.1) is 0 Å². The molecule has 0 radical (unpaired) electrons. The molecule has 0 unspecified atom stereocenters. The smallest absolute Gasteiger partial charge is 0.0540 e. The molecule has 0 N–H and O–H groups in total. The summed E-state index contributed by atoms with van der Waals surface area (Å²) in [6.45, 7) is 27.3. The lowest BCUT2D eigenvalue weighted by atomic mass is 9.86. The lowest BCUT2D eigenvalue weighted by Gasteiger charge is -2.30. The van der Waals surface area contributed by atoms with Gasteiger partial charge in [-0.2, -0.15) is 0 Å². The number of para-hydroxylation sites is 4. The normalized spacial score (nSPS) is 11.9. The maximum Gasteiger partial charge on any atom is 0.0540 e. The highest BCUT2D eigenvalue weighted by Crippen LogP contribution is 2.47. The second kappa shape index (κ2) is 27.3. The Balaban J connectivity index is 0.745. The number of hydrogen-bond acceptors (Lipinski definition) is 4. The Morgan fingerprint density at radius 3 is 0.561 bits per heavy atom. The molecule has 0 heterocycles. The lowest BCUT2D eigenvalue weighted by Crippen LogP contribution is -2.15. The van der Waals surface area contributed by atoms with Crippen LogP contribution >= 0.6 is 0 Å². The molecule has 0 amide bonds. The first kappa shape index (κ1) is 65.7. The zero-order valence-corrected chi connectivity index (χ0v) is 59.0. The molecular formula is C94H90N4. The van der Waals surface area contributed by atoms with Gasteiger partial charge in [0.2, 0.25) is 0 Å². The number of rotatable bonds is 16. The summed E-state index contributed by atoms with van der Waals surface area (Å²) in [7, 11) is 0. The Labute approximate surface area is 583 Å². The van der Waals surface area contributed by atoms with Gasteiger partial charge in [-0.3, -0.25) is 0 Å². The largest absolute Gasteiger partial charge is 0.311 e. The molecule has 0 saturated carbocycles. The van der Waals surface area contributed by atoms with Gasteiger partial charge in [0.15, 0.2) is 0 Å². The van der Waals surface area contributed by atoms with Crippen molar-refractivity contribution in [3.8, 4) is 44.5 Å². The van der Waals surface area contributed by atoms with Gasteiger partial charge in [-0.15, -0.1) is 0 Å². The van der Waals surface area contributed by atoms with Crippen LogP contribution in [0.4, 0.5) is 68.2 Å². The average Bonchev–Trinajstić information content (AvgIpc) is 0.784. The Morgan fingerprint density at radius 2 is 0.327 bits per heavy atom. The summed E-state index contributed by atoms with van der Waals surface area (Å²) >= 11 is 0. The first-order chi connectivity index (χ1) is 47.1. The molecular weight excluding hydrogens is 1190 g/mol. The van der Waals surface area contributed by atoms with Gasteiger partial charge in [-0.25, -0.2) is 0 Å². The summed E-state index contributed by atoms with van der Waals surface area (Å²) < 4.78 is 0. The molecule has 4 nitrogen and oxygen atoms in total. The van der Waals surface area contributed by atoms with Crippen molar-refractivity contribution in [3.63, 3.8) is 0 Å². The van der Waals surface area contributed by atoms with Gasteiger partial charge in [0.05, 0.1) is 11.4 Å². The van der Waals surface area contributed by atoms with Gasteiger partial charge in [-0.1, -0.05) is 277 Å². The molecule has 0 spiro atoms. The van der Waals surface area contributed by atoms with E-state index in [1.807, 2.05) is 0 Å². The third-order valence-corrected chi connectivity index (χ3v) is 19.0. The van der Waals surface area contributed by atoms with Crippen molar-refractivity contribution in [1.29, 1.82) is 0 Å². The van der Waals surface area contributed by atoms with Crippen LogP contribution in [0.25, 0.3) is 44.5 Å². The molecule has 0 aliphatic heterocycles. The molecule has 4 heteroatoms. The monoisotopic (exact) mass is 1270 g/mol. The number of benzene rings is 13. The third-order valence-electron chi connectivity index (χ3n) is 19.0. The van der Waals surface area contributed by atoms with E-state index in [1.54, 1.807) is 0 Å². The van der Waals surface area contributed by atoms with Crippen LogP contribution in [0.2, 0.25) is 0 Å². The van der Waals surface area contributed by atoms with E-state index in [1.165, 1.54) is 22.3 Å². The molecule has 0 bridgehead atoms. The van der Waals surface area contributed by atoms with Crippen LogP contribution in [0.1, 0.15) is 105 Å². The van der Waals surface area contributed by atoms with E-state index in [2.05, 4.69) is 430 Å². The SMILES string of the molecule is CC(C)(C)c1ccc(N(c2ccc(C(C)(C)C)cc2)c2ccccc2-c2ccc(N(c3ccccc3)c3ccc(-c4ccc(-c5ccc(N(c6ccccc6)c6ccc(-c7ccccc7N(c7ccc(C(C)(C)C)cc7)c7ccc(C(C)(C)C)cc7)cc6)cc5)cc4)cc3)cc2)cc1. The molecule has 486 valence electrons. The quantitative estimate of drug-likeness (QED) is 0.0956. The van der Waals surface area contributed by atoms with Crippen molar-refractivity contribution in [2.24, 2.45) is 0 Å². The third kappa shape index (κ3) is 14.3. The van der Waals surface area contributed by atoms with E-state index in [9.17, 15) is 0 Å². The van der Waals surface area contributed by atoms with Gasteiger partial charge in [0.25, 0.3) is 0 Å². The van der Waals surface area contributed by atoms with Gasteiger partial charge >= 0.3 is 0 Å². The summed E-state index contributed by atoms with van der Waals surface area (Å²) in [5, 5.41) is 0. The summed E-state index contributed by atoms with van der Waals surface area (Å²) in [5.41, 5.74) is 27.9. The van der Waals surface area contributed by atoms with Crippen LogP contribution in [-0.2, 0) is 21.7 Å². The molecule has 0 atom stereocenters. The van der Waals surface area contributed by atoms with Gasteiger partial charge in [0.1, 0.15) is 0 Å². The Kier molecular flexibility index (Phi) is 18.3. The Bertz CT molecular complexity index is 4350. The van der Waals surface area contributed by atoms with Crippen molar-refractivity contribution in [2.75, 3.05) is 19.6 Å². The van der Waals surface area contributed by atoms with E-state index < -0.39 is 0 Å². The van der Waals surface area contributed by atoms with Crippen LogP contribution in [0.3, 0.4) is 0 Å². The van der Waals surface area contributed by atoms with Crippen LogP contribution < -0.4 is 19.6 Å². The first-order valence-electron chi connectivity index (χ1n) is 34.6. The molecule has 0 fully saturated rings. The standard InChI is InChI=1S/C94H90N4/c1-91(2,3)73-43-59-83(60-44-73)97(84-61-45-74(46-62-84)92(4,5)6)89-29-21-19-27-87(89)71-39-55-81(56-40-71)95(77-23-15-13-16-24-77)79-51-35-69(36-52-79)67-31-33-68(34-32-67)70-37-53-80(54-38-70)96(78-25-17-14-18-26-78)82-57-41-72(42-58-82)88-28-20-22-30-90(88)98(85-63-47-75(48-64-85)93(7,8)9)86-65-49-76(50-66-86)94(10,11)12/h13-66H,1-12H3. The van der Waals surface area contributed by atoms with E-state index in [0.717, 1.165) is 113 Å². The summed E-state index contributed by atoms with van der Waals surface area (Å²) in [4.78, 5) is 9.50. The van der Waals surface area contributed by atoms with Crippen molar-refractivity contribution in [3.05, 3.63) is 350 Å². The number of nitrogens with zero attached hydrogens (tertiary/aromatic N) is 4. The molecule has 13 rings (SSSR count). The van der Waals surface area contributed by atoms with Crippen molar-refractivity contribution >= 4 is 68.2 Å². The molecule has 13 aromatic rings. The highest BCUT2D eigenvalue weighted by molar-refractivity contribution is 5.91. The summed E-state index contributed by atoms with van der Waals surface area (Å²) in [6.07, 6.45) is 0. The minimum atomic E-state index is 0.0478. The molecule has 0 saturated heterocycles. The lowest BCUT2D eigenvalue weighted by molar-refractivity contribution is 0.590. The van der Waals surface area contributed by atoms with Crippen LogP contribution in [0.5, 0.6) is 0 Å². The summed E-state index contributed by atoms with van der Waals surface area (Å²) in [6, 6.07) is 120. The van der Waals surface area contributed by atoms with Gasteiger partial charge in [-0.05, 0) is 211 Å². The predicted molar refractivity (Wildman–Crippen MR) is 422 cm³/mol. The van der Waals surface area contributed by atoms with Crippen LogP contribution in [0.15, 0.2) is 328 Å². The van der Waals surface area contributed by atoms with Gasteiger partial charge in [0, 0.05) is 68.0 Å². The minimum Gasteiger partial charge on any atom is -0.311 e. The Morgan fingerprint density at radius 1 is 0.153 bits per heavy atom. The van der Waals surface area contributed by atoms with Gasteiger partial charge < -0.3 is 19.6 Å². The molecule has 13 aromatic carbocycles. The van der Waals surface area contributed by atoms with E-state index in [-0.39, 0.29) is 21.7 Å². The van der Waals surface area contributed by atoms with Crippen molar-refractivity contribution in [1.82, 2.24) is 0 Å². The predicted octanol–water partition coefficient (Wildman–Crippen LogP) is 27.4. The number of hydrogen-bond donors (Lipinski definition) is 0. The molecule has 0 aliphatic carbocycles. The molecule has 98 heavy (non-hydrogen) atoms. The topological polar surface area (TPSA) is 13.0 Å². The van der Waals surface area contributed by atoms with E-state index >= 15 is 0 Å². The zero-order chi connectivity index (χ0) is 68.3. The summed E-state index contributed by atoms with van der Waals surface area (Å²) in [5.74, 6) is 0. The second-order valence-corrected chi connectivity index (χ2v) is 30.0. The highest BCUT2D eigenvalue weighted by Gasteiger charge is 2.25. The Hall–Kier alpha value is -10.9. The second-order valence-electron chi connectivity index (χ2n) is 30.0. The average molecular weight is 1280 g/mol. The van der Waals surface area contributed by atoms with Crippen molar-refractivity contribution < 1.29 is 0 Å². The highest BCUT2D eigenvalue weighted by atomic mass is 15.2. The van der Waals surface area contributed by atoms with Crippen LogP contribution in [-0.4, -0.2) is 0 Å². The number of anilines is 12. The van der Waals surface area contributed by atoms with E-state index in [4.69, 9.17) is 0 Å². The fourth-order valence-corrected chi connectivity index (χ4v) is 13.2. The van der Waals surface area contributed by atoms with Crippen molar-refractivity contribution in [2.45, 2.75) is 105 Å². The fraction of sp³-hybridized carbons (Fsp3) is 0.170. The molecule has 0 aliphatic rings. The van der Waals surface area contributed by atoms with E-state index in [0.29, 0.717) is 0 Å². The first-order valence-corrected chi connectivity index (χ1v) is 34.6. The fourth-order valence-electron chi connectivity index (χ4n) is 13.2. The maximum atomic E-state index is 2.40. The minimum absolute atomic E-state index is 0.0478. The zero-order valence-electron chi connectivity index (χ0n) is 59.0. The maximum absolute atomic E-state index is 2.40.